The van der Waals surface area contributed by atoms with E-state index in [1.54, 1.807) is 27.6 Å². The van der Waals surface area contributed by atoms with Crippen LogP contribution in [0.2, 0.25) is 0 Å². The molecular formula is C20H27N2O9+. The minimum absolute atomic E-state index is 0.0377. The zero-order valence-corrected chi connectivity index (χ0v) is 16.8. The molecule has 0 radical (unpaired) electrons. The minimum Gasteiger partial charge on any atom is -0.481 e. The van der Waals surface area contributed by atoms with Crippen molar-refractivity contribution in [3.8, 4) is 0 Å². The number of ether oxygens (including phenoxy) is 1. The van der Waals surface area contributed by atoms with Crippen molar-refractivity contribution >= 4 is 22.8 Å². The average Bonchev–Trinajstić information content (AvgIpc) is 3.03. The maximum atomic E-state index is 10.9. The summed E-state index contributed by atoms with van der Waals surface area (Å²) in [4.78, 5) is 21.7. The second kappa shape index (κ2) is 9.71. The molecule has 4 unspecified atom stereocenters. The van der Waals surface area contributed by atoms with Crippen LogP contribution in [0.25, 0.3) is 10.9 Å². The fourth-order valence-electron chi connectivity index (χ4n) is 3.98. The van der Waals surface area contributed by atoms with Crippen LogP contribution in [0.15, 0.2) is 18.5 Å². The van der Waals surface area contributed by atoms with Crippen LogP contribution in [-0.2, 0) is 27.4 Å². The van der Waals surface area contributed by atoms with E-state index >= 15 is 0 Å². The molecule has 31 heavy (non-hydrogen) atoms. The Labute approximate surface area is 177 Å². The second-order valence-electron chi connectivity index (χ2n) is 7.57. The van der Waals surface area contributed by atoms with E-state index in [1.165, 1.54) is 0 Å². The molecule has 3 heterocycles. The van der Waals surface area contributed by atoms with Crippen molar-refractivity contribution in [3.63, 3.8) is 0 Å². The lowest BCUT2D eigenvalue weighted by atomic mass is 10.0. The van der Waals surface area contributed by atoms with Gasteiger partial charge in [-0.25, -0.2) is 0 Å². The van der Waals surface area contributed by atoms with Crippen molar-refractivity contribution in [2.24, 2.45) is 0 Å². The first-order valence-electron chi connectivity index (χ1n) is 10.0. The van der Waals surface area contributed by atoms with Gasteiger partial charge in [0.05, 0.1) is 23.9 Å². The van der Waals surface area contributed by atoms with Gasteiger partial charge in [0.25, 0.3) is 0 Å². The number of nitrogens with zero attached hydrogens (tertiary/aromatic N) is 2. The zero-order chi connectivity index (χ0) is 22.7. The number of hydrogen-bond donors (Lipinski definition) is 6. The van der Waals surface area contributed by atoms with Gasteiger partial charge in [0.15, 0.2) is 6.20 Å². The van der Waals surface area contributed by atoms with Gasteiger partial charge in [0.1, 0.15) is 24.9 Å². The normalized spacial score (nSPS) is 21.7. The highest BCUT2D eigenvalue weighted by Gasteiger charge is 2.41. The Morgan fingerprint density at radius 2 is 1.84 bits per heavy atom. The lowest BCUT2D eigenvalue weighted by Crippen LogP contribution is -2.42. The van der Waals surface area contributed by atoms with Gasteiger partial charge in [0, 0.05) is 37.2 Å². The highest BCUT2D eigenvalue weighted by Crippen LogP contribution is 2.39. The number of aliphatic carboxylic acids is 2. The Kier molecular flexibility index (Phi) is 7.23. The molecule has 0 aliphatic carbocycles. The molecule has 0 aromatic carbocycles. The first-order chi connectivity index (χ1) is 14.7. The number of aromatic nitrogens is 2. The molecule has 0 spiro atoms. The van der Waals surface area contributed by atoms with Crippen LogP contribution < -0.4 is 4.57 Å². The van der Waals surface area contributed by atoms with E-state index in [1.807, 2.05) is 0 Å². The predicted molar refractivity (Wildman–Crippen MR) is 104 cm³/mol. The summed E-state index contributed by atoms with van der Waals surface area (Å²) in [7, 11) is 0. The van der Waals surface area contributed by atoms with Crippen molar-refractivity contribution < 1.29 is 49.5 Å². The number of carboxylic acids is 2. The fourth-order valence-corrected chi connectivity index (χ4v) is 3.98. The van der Waals surface area contributed by atoms with Gasteiger partial charge >= 0.3 is 11.9 Å². The average molecular weight is 439 g/mol. The number of aryl methyl sites for hydroxylation is 2. The lowest BCUT2D eigenvalue weighted by Gasteiger charge is -2.26. The quantitative estimate of drug-likeness (QED) is 0.265. The van der Waals surface area contributed by atoms with Crippen molar-refractivity contribution in [3.05, 3.63) is 29.7 Å². The summed E-state index contributed by atoms with van der Waals surface area (Å²) in [6, 6.07) is 1.74. The van der Waals surface area contributed by atoms with E-state index in [0.717, 1.165) is 0 Å². The van der Waals surface area contributed by atoms with Crippen molar-refractivity contribution in [1.29, 1.82) is 0 Å². The molecule has 11 nitrogen and oxygen atoms in total. The number of hydrogen-bond acceptors (Lipinski definition) is 7. The molecule has 2 aromatic heterocycles. The van der Waals surface area contributed by atoms with Crippen LogP contribution in [0.5, 0.6) is 0 Å². The maximum Gasteiger partial charge on any atom is 0.303 e. The van der Waals surface area contributed by atoms with Crippen molar-refractivity contribution in [2.45, 2.75) is 63.4 Å². The summed E-state index contributed by atoms with van der Waals surface area (Å²) in [5.41, 5.74) is 1.29. The molecule has 0 saturated heterocycles. The molecule has 0 amide bonds. The molecule has 1 aliphatic heterocycles. The Morgan fingerprint density at radius 3 is 2.48 bits per heavy atom. The molecule has 0 fully saturated rings. The predicted octanol–water partition coefficient (Wildman–Crippen LogP) is -0.565. The van der Waals surface area contributed by atoms with Crippen LogP contribution in [0.4, 0.5) is 0 Å². The summed E-state index contributed by atoms with van der Waals surface area (Å²) in [6.45, 7) is -0.0705. The van der Waals surface area contributed by atoms with Gasteiger partial charge < -0.3 is 39.9 Å². The highest BCUT2D eigenvalue weighted by atomic mass is 16.6. The van der Waals surface area contributed by atoms with Gasteiger partial charge in [0.2, 0.25) is 12.0 Å². The fraction of sp³-hybridized carbons (Fsp3) is 0.550. The van der Waals surface area contributed by atoms with Crippen LogP contribution in [0.1, 0.15) is 49.3 Å². The van der Waals surface area contributed by atoms with Gasteiger partial charge in [-0.15, -0.1) is 0 Å². The zero-order valence-electron chi connectivity index (χ0n) is 16.8. The van der Waals surface area contributed by atoms with Crippen molar-refractivity contribution in [2.75, 3.05) is 6.61 Å². The van der Waals surface area contributed by atoms with Crippen LogP contribution in [0.3, 0.4) is 0 Å². The second-order valence-corrected chi connectivity index (χ2v) is 7.57. The summed E-state index contributed by atoms with van der Waals surface area (Å²) >= 11 is 0. The van der Waals surface area contributed by atoms with Gasteiger partial charge in [-0.05, 0) is 6.42 Å². The molecule has 11 heteroatoms. The molecule has 0 saturated carbocycles. The molecule has 6 N–H and O–H groups in total. The summed E-state index contributed by atoms with van der Waals surface area (Å²) in [6.07, 6.45) is -1.85. The molecule has 4 atom stereocenters. The SMILES string of the molecule is O=C(O)CCCn1cc2c3c([n+](CCCC(=O)O)ccc31)C(O)OC(C(O)CO)C2O. The molecule has 0 bridgehead atoms. The number of aliphatic hydroxyl groups is 4. The van der Waals surface area contributed by atoms with Gasteiger partial charge in [-0.3, -0.25) is 9.59 Å². The van der Waals surface area contributed by atoms with Crippen molar-refractivity contribution in [1.82, 2.24) is 4.57 Å². The molecule has 1 aliphatic rings. The van der Waals surface area contributed by atoms with Crippen LogP contribution in [0, 0.1) is 0 Å². The third-order valence-electron chi connectivity index (χ3n) is 5.42. The molecule has 3 rings (SSSR count). The van der Waals surface area contributed by atoms with E-state index < -0.39 is 43.1 Å². The number of aliphatic hydroxyl groups excluding tert-OH is 4. The standard InChI is InChI=1S/C20H26N2O9/c23-10-13(24)19-18(29)11-9-22(7-2-4-15(27)28)12-5-8-21(6-1-3-14(25)26)17(16(11)12)20(30)31-19/h5,8-9,13,18-20,23-24,29-30H,1-4,6-7,10H2,(H-,25,26,27,28)/p+1. The van der Waals surface area contributed by atoms with Crippen LogP contribution in [-0.4, -0.2) is 66.0 Å². The Morgan fingerprint density at radius 1 is 1.16 bits per heavy atom. The number of pyridine rings is 1. The third-order valence-corrected chi connectivity index (χ3v) is 5.42. The van der Waals surface area contributed by atoms with Gasteiger partial charge in [-0.2, -0.15) is 4.57 Å². The number of carboxylic acid groups (broad SMARTS) is 2. The Hall–Kier alpha value is -2.57. The first-order valence-corrected chi connectivity index (χ1v) is 10.0. The van der Waals surface area contributed by atoms with E-state index in [4.69, 9.17) is 14.9 Å². The Balaban J connectivity index is 2.08. The minimum atomic E-state index is -1.55. The van der Waals surface area contributed by atoms with Gasteiger partial charge in [-0.1, -0.05) is 0 Å². The molecule has 2 aromatic rings. The summed E-state index contributed by atoms with van der Waals surface area (Å²) < 4.78 is 8.91. The van der Waals surface area contributed by atoms with E-state index in [2.05, 4.69) is 0 Å². The van der Waals surface area contributed by atoms with Crippen LogP contribution >= 0.6 is 0 Å². The monoisotopic (exact) mass is 439 g/mol. The van der Waals surface area contributed by atoms with E-state index in [9.17, 15) is 30.0 Å². The molecule has 170 valence electrons. The third kappa shape index (κ3) is 4.86. The topological polar surface area (TPSA) is 174 Å². The number of rotatable bonds is 10. The summed E-state index contributed by atoms with van der Waals surface area (Å²) in [5.74, 6) is -1.87. The lowest BCUT2D eigenvalue weighted by molar-refractivity contribution is -0.709. The van der Waals surface area contributed by atoms with E-state index in [0.29, 0.717) is 41.5 Å². The smallest absolute Gasteiger partial charge is 0.303 e. The number of carbonyl (C=O) groups is 2. The maximum absolute atomic E-state index is 10.9. The summed E-state index contributed by atoms with van der Waals surface area (Å²) in [5, 5.41) is 59.5. The van der Waals surface area contributed by atoms with E-state index in [-0.39, 0.29) is 19.4 Å². The largest absolute Gasteiger partial charge is 0.481 e. The molecular weight excluding hydrogens is 412 g/mol. The Bertz CT molecular complexity index is 958. The first kappa shape index (κ1) is 23.1. The highest BCUT2D eigenvalue weighted by molar-refractivity contribution is 5.86.